The minimum atomic E-state index is -1.22. The van der Waals surface area contributed by atoms with Gasteiger partial charge in [-0.1, -0.05) is 6.92 Å². The number of likely N-dealkylation sites (tertiary alicyclic amines) is 1. The Kier molecular flexibility index (Phi) is 3.84. The fourth-order valence-corrected chi connectivity index (χ4v) is 10.2. The van der Waals surface area contributed by atoms with Crippen LogP contribution < -0.4 is 0 Å². The van der Waals surface area contributed by atoms with Crippen LogP contribution in [0.2, 0.25) is 0 Å². The van der Waals surface area contributed by atoms with Gasteiger partial charge in [0.1, 0.15) is 0 Å². The number of hydrogen-bond donors (Lipinski definition) is 5. The quantitative estimate of drug-likeness (QED) is 0.414. The molecule has 7 nitrogen and oxygen atoms in total. The standard InChI is InChI=1S/C22H35NO6/c1-3-23-8-20(9-24)5-4-13(26)22-11-6-10-12(25)7-21(28,14(11)16(10)27)15(19(22)23)17(29-2)18(20)22/h10-19,24-28H,3-9H2,1-2H3/t10-,11-,12+,13+,14-,15+,16+,17+,18-,19?,20+,21-,22+/m1/s1. The molecule has 29 heavy (non-hydrogen) atoms. The van der Waals surface area contributed by atoms with Gasteiger partial charge in [0, 0.05) is 60.6 Å². The molecule has 5 N–H and O–H groups in total. The number of methoxy groups -OCH3 is 1. The van der Waals surface area contributed by atoms with Crippen LogP contribution in [0.15, 0.2) is 0 Å². The van der Waals surface area contributed by atoms with Gasteiger partial charge in [-0.25, -0.2) is 0 Å². The van der Waals surface area contributed by atoms with Crippen molar-refractivity contribution >= 4 is 0 Å². The van der Waals surface area contributed by atoms with E-state index in [4.69, 9.17) is 4.74 Å². The number of fused-ring (bicyclic) bond motifs is 2. The lowest BCUT2D eigenvalue weighted by molar-refractivity contribution is -0.271. The van der Waals surface area contributed by atoms with E-state index in [2.05, 4.69) is 11.8 Å². The average molecular weight is 410 g/mol. The van der Waals surface area contributed by atoms with Crippen LogP contribution in [-0.2, 0) is 4.74 Å². The van der Waals surface area contributed by atoms with E-state index >= 15 is 0 Å². The Hall–Kier alpha value is -0.280. The second-order valence-electron chi connectivity index (χ2n) is 11.1. The molecule has 5 saturated carbocycles. The van der Waals surface area contributed by atoms with Gasteiger partial charge in [-0.3, -0.25) is 4.90 Å². The van der Waals surface area contributed by atoms with Crippen LogP contribution in [0.5, 0.6) is 0 Å². The molecule has 6 fully saturated rings. The summed E-state index contributed by atoms with van der Waals surface area (Å²) in [6.45, 7) is 3.69. The third kappa shape index (κ3) is 1.81. The zero-order chi connectivity index (χ0) is 20.5. The Morgan fingerprint density at radius 3 is 2.59 bits per heavy atom. The van der Waals surface area contributed by atoms with Gasteiger partial charge < -0.3 is 30.3 Å². The Morgan fingerprint density at radius 2 is 1.93 bits per heavy atom. The monoisotopic (exact) mass is 409 g/mol. The Balaban J connectivity index is 1.65. The molecule has 6 rings (SSSR count). The predicted octanol–water partition coefficient (Wildman–Crippen LogP) is -0.806. The first kappa shape index (κ1) is 19.4. The highest BCUT2D eigenvalue weighted by molar-refractivity contribution is 5.35. The van der Waals surface area contributed by atoms with E-state index in [0.717, 1.165) is 19.5 Å². The highest BCUT2D eigenvalue weighted by Crippen LogP contribution is 2.78. The SMILES string of the molecule is CCN1C[C@]2(CO)CC[C@H](O)[C@]34C1[C@H]([C@H](OC)[C@H]23)[C@@]1(O)C[C@H](O)[C@H]2C[C@@H]4[C@@H]1[C@H]2O. The molecule has 1 unspecified atom stereocenters. The molecule has 1 aliphatic heterocycles. The summed E-state index contributed by atoms with van der Waals surface area (Å²) in [5, 5.41) is 56.4. The van der Waals surface area contributed by atoms with E-state index in [1.807, 2.05) is 0 Å². The molecular formula is C22H35NO6. The zero-order valence-corrected chi connectivity index (χ0v) is 17.3. The summed E-state index contributed by atoms with van der Waals surface area (Å²) < 4.78 is 6.12. The summed E-state index contributed by atoms with van der Waals surface area (Å²) >= 11 is 0. The molecule has 7 bridgehead atoms. The summed E-state index contributed by atoms with van der Waals surface area (Å²) in [6, 6.07) is -0.0556. The normalized spacial score (nSPS) is 65.1. The van der Waals surface area contributed by atoms with Crippen LogP contribution in [0.3, 0.4) is 0 Å². The number of ether oxygens (including phenoxy) is 1. The van der Waals surface area contributed by atoms with E-state index < -0.39 is 29.3 Å². The first-order valence-corrected chi connectivity index (χ1v) is 11.5. The number of aliphatic hydroxyl groups excluding tert-OH is 4. The fraction of sp³-hybridized carbons (Fsp3) is 1.00. The molecule has 13 atom stereocenters. The molecule has 0 amide bonds. The molecule has 0 aromatic heterocycles. The molecule has 164 valence electrons. The van der Waals surface area contributed by atoms with E-state index in [0.29, 0.717) is 12.8 Å². The summed E-state index contributed by atoms with van der Waals surface area (Å²) in [5.41, 5.74) is -2.10. The van der Waals surface area contributed by atoms with E-state index in [1.54, 1.807) is 7.11 Å². The van der Waals surface area contributed by atoms with Crippen LogP contribution in [0, 0.1) is 40.4 Å². The fourth-order valence-electron chi connectivity index (χ4n) is 10.2. The molecular weight excluding hydrogens is 374 g/mol. The highest BCUT2D eigenvalue weighted by Gasteiger charge is 2.86. The van der Waals surface area contributed by atoms with Crippen molar-refractivity contribution in [2.24, 2.45) is 40.4 Å². The molecule has 0 aromatic rings. The maximum Gasteiger partial charge on any atom is 0.0796 e. The Bertz CT molecular complexity index is 721. The maximum absolute atomic E-state index is 12.2. The number of rotatable bonds is 3. The largest absolute Gasteiger partial charge is 0.396 e. The van der Waals surface area contributed by atoms with E-state index in [1.165, 1.54) is 0 Å². The minimum Gasteiger partial charge on any atom is -0.396 e. The van der Waals surface area contributed by atoms with Crippen molar-refractivity contribution in [3.63, 3.8) is 0 Å². The molecule has 0 aromatic carbocycles. The summed E-state index contributed by atoms with van der Waals surface area (Å²) in [4.78, 5) is 2.37. The minimum absolute atomic E-state index is 0.0470. The van der Waals surface area contributed by atoms with Crippen molar-refractivity contribution in [2.75, 3.05) is 26.8 Å². The second-order valence-corrected chi connectivity index (χ2v) is 11.1. The maximum atomic E-state index is 12.2. The summed E-state index contributed by atoms with van der Waals surface area (Å²) in [5.74, 6) is -1.00. The third-order valence-corrected chi connectivity index (χ3v) is 10.7. The van der Waals surface area contributed by atoms with Gasteiger partial charge in [-0.2, -0.15) is 0 Å². The molecule has 0 radical (unpaired) electrons. The molecule has 1 saturated heterocycles. The lowest BCUT2D eigenvalue weighted by atomic mass is 9.43. The number of piperidine rings is 1. The van der Waals surface area contributed by atoms with Gasteiger partial charge in [0.25, 0.3) is 0 Å². The highest BCUT2D eigenvalue weighted by atomic mass is 16.5. The van der Waals surface area contributed by atoms with Crippen LogP contribution in [-0.4, -0.2) is 93.3 Å². The van der Waals surface area contributed by atoms with Crippen molar-refractivity contribution in [1.29, 1.82) is 0 Å². The topological polar surface area (TPSA) is 114 Å². The van der Waals surface area contributed by atoms with Crippen LogP contribution in [0.25, 0.3) is 0 Å². The summed E-state index contributed by atoms with van der Waals surface area (Å²) in [7, 11) is 1.68. The van der Waals surface area contributed by atoms with E-state index in [9.17, 15) is 25.5 Å². The lowest BCUT2D eigenvalue weighted by Gasteiger charge is -2.68. The molecule has 6 aliphatic rings. The van der Waals surface area contributed by atoms with Gasteiger partial charge in [0.15, 0.2) is 0 Å². The van der Waals surface area contributed by atoms with Crippen molar-refractivity contribution in [3.05, 3.63) is 0 Å². The Morgan fingerprint density at radius 1 is 1.17 bits per heavy atom. The third-order valence-electron chi connectivity index (χ3n) is 10.7. The molecule has 1 spiro atoms. The van der Waals surface area contributed by atoms with Gasteiger partial charge in [-0.05, 0) is 31.7 Å². The zero-order valence-electron chi connectivity index (χ0n) is 17.3. The van der Waals surface area contributed by atoms with Gasteiger partial charge in [0.2, 0.25) is 0 Å². The van der Waals surface area contributed by atoms with Crippen LogP contribution in [0.1, 0.15) is 32.6 Å². The lowest BCUT2D eigenvalue weighted by Crippen LogP contribution is -2.76. The van der Waals surface area contributed by atoms with E-state index in [-0.39, 0.29) is 60.2 Å². The van der Waals surface area contributed by atoms with Gasteiger partial charge >= 0.3 is 0 Å². The molecule has 1 heterocycles. The number of nitrogens with zero attached hydrogens (tertiary/aromatic N) is 1. The first-order valence-electron chi connectivity index (χ1n) is 11.5. The van der Waals surface area contributed by atoms with Crippen LogP contribution in [0.4, 0.5) is 0 Å². The number of hydrogen-bond acceptors (Lipinski definition) is 7. The predicted molar refractivity (Wildman–Crippen MR) is 103 cm³/mol. The van der Waals surface area contributed by atoms with Gasteiger partial charge in [0.05, 0.1) is 36.6 Å². The number of aliphatic hydroxyl groups is 5. The first-order chi connectivity index (χ1) is 13.8. The second kappa shape index (κ2) is 5.74. The van der Waals surface area contributed by atoms with Crippen molar-refractivity contribution in [3.8, 4) is 0 Å². The smallest absolute Gasteiger partial charge is 0.0796 e. The summed E-state index contributed by atoms with van der Waals surface area (Å²) in [6.07, 6.45) is -0.0599. The average Bonchev–Trinajstić information content (AvgIpc) is 3.12. The van der Waals surface area contributed by atoms with Crippen LogP contribution >= 0.6 is 0 Å². The van der Waals surface area contributed by atoms with Crippen molar-refractivity contribution in [1.82, 2.24) is 4.90 Å². The molecule has 7 heteroatoms. The molecule has 5 aliphatic carbocycles. The van der Waals surface area contributed by atoms with Crippen molar-refractivity contribution < 1.29 is 30.3 Å². The van der Waals surface area contributed by atoms with Crippen molar-refractivity contribution in [2.45, 2.75) is 68.7 Å². The van der Waals surface area contributed by atoms with Gasteiger partial charge in [-0.15, -0.1) is 0 Å². The Labute approximate surface area is 171 Å².